The molecule has 4 aliphatic rings. The zero-order valence-electron chi connectivity index (χ0n) is 31.0. The van der Waals surface area contributed by atoms with E-state index in [0.717, 1.165) is 4.90 Å². The van der Waals surface area contributed by atoms with Crippen LogP contribution in [0.5, 0.6) is 0 Å². The van der Waals surface area contributed by atoms with Gasteiger partial charge in [-0.1, -0.05) is 77.3 Å². The summed E-state index contributed by atoms with van der Waals surface area (Å²) >= 11 is 12.6. The predicted molar refractivity (Wildman–Crippen MR) is 210 cm³/mol. The Morgan fingerprint density at radius 2 is 1.58 bits per heavy atom. The topological polar surface area (TPSA) is 150 Å². The number of carbonyl (C=O) groups is 5. The smallest absolute Gasteiger partial charge is 0.417 e. The van der Waals surface area contributed by atoms with E-state index in [1.165, 1.54) is 18.2 Å². The molecule has 60 heavy (non-hydrogen) atoms. The highest BCUT2D eigenvalue weighted by atomic mass is 35.5. The van der Waals surface area contributed by atoms with E-state index in [-0.39, 0.29) is 35.8 Å². The summed E-state index contributed by atoms with van der Waals surface area (Å²) in [5.41, 5.74) is 1.63. The summed E-state index contributed by atoms with van der Waals surface area (Å²) in [6.07, 6.45) is -2.44. The number of amides is 4. The second-order valence-electron chi connectivity index (χ2n) is 15.1. The second-order valence-corrected chi connectivity index (χ2v) is 16.0. The quantitative estimate of drug-likeness (QED) is 0.0902. The molecule has 9 rings (SSSR count). The Kier molecular flexibility index (Phi) is 9.56. The van der Waals surface area contributed by atoms with E-state index in [2.05, 4.69) is 10.4 Å². The average molecular weight is 856 g/mol. The average Bonchev–Trinajstić information content (AvgIpc) is 3.88. The van der Waals surface area contributed by atoms with Crippen molar-refractivity contribution in [3.8, 4) is 0 Å². The number of ketones is 1. The highest BCUT2D eigenvalue weighted by Crippen LogP contribution is 2.64. The molecule has 4 heterocycles. The van der Waals surface area contributed by atoms with Crippen molar-refractivity contribution >= 4 is 64.1 Å². The summed E-state index contributed by atoms with van der Waals surface area (Å²) in [4.78, 5) is 77.0. The van der Waals surface area contributed by atoms with Gasteiger partial charge in [0.1, 0.15) is 23.5 Å². The summed E-state index contributed by atoms with van der Waals surface area (Å²) in [6, 6.07) is 24.8. The monoisotopic (exact) mass is 854 g/mol. The number of allylic oxidation sites excluding steroid dienone is 2. The SMILES string of the molecule is O=C(c1ccccc1)c1ccc(N2C(=O)C3CC=C4C(CC5C(=O)N(Nc6ncc(C(F)(F)F)cc6Cl)C(=O)C5(c5ccc(Cl)cc5)C4c4ccc(CO)o4)C3C2=O)cc1. The van der Waals surface area contributed by atoms with Crippen LogP contribution in [-0.2, 0) is 37.4 Å². The third-order valence-corrected chi connectivity index (χ3v) is 12.6. The molecule has 2 N–H and O–H groups in total. The molecule has 6 unspecified atom stereocenters. The first-order chi connectivity index (χ1) is 28.7. The van der Waals surface area contributed by atoms with E-state index in [0.29, 0.717) is 44.6 Å². The lowest BCUT2D eigenvalue weighted by Crippen LogP contribution is -2.53. The van der Waals surface area contributed by atoms with Crippen molar-refractivity contribution in [2.45, 2.75) is 37.0 Å². The van der Waals surface area contributed by atoms with Gasteiger partial charge in [-0.05, 0) is 78.9 Å². The molecule has 1 saturated carbocycles. The van der Waals surface area contributed by atoms with E-state index in [1.54, 1.807) is 72.8 Å². The molecule has 0 radical (unpaired) electrons. The molecule has 11 nitrogen and oxygen atoms in total. The molecule has 3 aromatic carbocycles. The molecule has 2 aliphatic heterocycles. The normalized spacial score (nSPS) is 24.9. The standard InChI is InChI=1S/C44H31Cl2F3N4O7/c45-26-10-8-24(9-11-26)43-32(40(57)53(42(43)59)51-38-33(46)18-25(20-50-38)44(47,48)49)19-31-29(36(43)34-17-14-28(21-54)60-34)15-16-30-35(31)41(58)52(39(30)56)27-12-6-23(7-13-27)37(55)22-4-2-1-3-5-22/h1-15,17-18,20,30-32,35-36,54H,16,19,21H2,(H,50,51). The number of fused-ring (bicyclic) bond motifs is 4. The number of hydrogen-bond donors (Lipinski definition) is 2. The van der Waals surface area contributed by atoms with Gasteiger partial charge in [0.25, 0.3) is 11.8 Å². The van der Waals surface area contributed by atoms with Gasteiger partial charge in [-0.3, -0.25) is 34.3 Å². The van der Waals surface area contributed by atoms with Crippen molar-refractivity contribution in [2.75, 3.05) is 10.3 Å². The van der Waals surface area contributed by atoms with Gasteiger partial charge in [0, 0.05) is 22.3 Å². The van der Waals surface area contributed by atoms with Crippen LogP contribution < -0.4 is 10.3 Å². The van der Waals surface area contributed by atoms with Crippen LogP contribution in [0, 0.1) is 23.7 Å². The van der Waals surface area contributed by atoms with Crippen molar-refractivity contribution in [2.24, 2.45) is 23.7 Å². The van der Waals surface area contributed by atoms with E-state index < -0.39 is 87.8 Å². The number of hydrogen-bond acceptors (Lipinski definition) is 9. The maximum Gasteiger partial charge on any atom is 0.417 e. The number of pyridine rings is 1. The van der Waals surface area contributed by atoms with E-state index in [1.807, 2.05) is 6.08 Å². The molecular formula is C44H31Cl2F3N4O7. The first-order valence-electron chi connectivity index (χ1n) is 18.8. The Morgan fingerprint density at radius 3 is 2.23 bits per heavy atom. The van der Waals surface area contributed by atoms with Gasteiger partial charge in [-0.15, -0.1) is 0 Å². The zero-order chi connectivity index (χ0) is 42.2. The fraction of sp³-hybridized carbons (Fsp3) is 0.227. The molecule has 0 spiro atoms. The number of nitrogens with one attached hydrogen (secondary N) is 1. The first-order valence-corrected chi connectivity index (χ1v) is 19.6. The number of halogens is 5. The van der Waals surface area contributed by atoms with Crippen LogP contribution in [-0.4, -0.2) is 44.5 Å². The summed E-state index contributed by atoms with van der Waals surface area (Å²) in [5.74, 6) is -7.81. The first kappa shape index (κ1) is 39.4. The Balaban J connectivity index is 1.14. The number of aliphatic hydroxyl groups is 1. The molecule has 3 fully saturated rings. The van der Waals surface area contributed by atoms with Crippen LogP contribution in [0.4, 0.5) is 24.7 Å². The van der Waals surface area contributed by atoms with Crippen molar-refractivity contribution in [3.05, 3.63) is 159 Å². The van der Waals surface area contributed by atoms with E-state index in [9.17, 15) is 37.5 Å². The number of rotatable bonds is 8. The number of imide groups is 2. The molecular weight excluding hydrogens is 824 g/mol. The Hall–Kier alpha value is -6.09. The maximum absolute atomic E-state index is 15.3. The number of furan rings is 1. The fourth-order valence-corrected chi connectivity index (χ4v) is 9.83. The molecule has 16 heteroatoms. The minimum atomic E-state index is -4.77. The molecule has 2 saturated heterocycles. The van der Waals surface area contributed by atoms with Gasteiger partial charge in [0.15, 0.2) is 11.6 Å². The number of hydrazine groups is 1. The van der Waals surface area contributed by atoms with Crippen LogP contribution in [0.15, 0.2) is 119 Å². The van der Waals surface area contributed by atoms with Crippen LogP contribution in [0.2, 0.25) is 10.0 Å². The summed E-state index contributed by atoms with van der Waals surface area (Å²) in [5, 5.41) is 10.6. The maximum atomic E-state index is 15.3. The number of alkyl halides is 3. The molecule has 6 atom stereocenters. The highest BCUT2D eigenvalue weighted by Gasteiger charge is 2.71. The lowest BCUT2D eigenvalue weighted by molar-refractivity contribution is -0.139. The van der Waals surface area contributed by atoms with Gasteiger partial charge in [-0.25, -0.2) is 4.98 Å². The molecule has 2 aliphatic carbocycles. The minimum absolute atomic E-state index is 0.1000. The molecule has 304 valence electrons. The van der Waals surface area contributed by atoms with Gasteiger partial charge in [0.05, 0.1) is 39.9 Å². The summed E-state index contributed by atoms with van der Waals surface area (Å²) < 4.78 is 46.7. The zero-order valence-corrected chi connectivity index (χ0v) is 32.5. The highest BCUT2D eigenvalue weighted by molar-refractivity contribution is 6.33. The number of aliphatic hydroxyl groups excluding tert-OH is 1. The van der Waals surface area contributed by atoms with Gasteiger partial charge < -0.3 is 9.52 Å². The second kappa shape index (κ2) is 14.6. The van der Waals surface area contributed by atoms with Crippen molar-refractivity contribution < 1.29 is 46.7 Å². The number of benzene rings is 3. The predicted octanol–water partition coefficient (Wildman–Crippen LogP) is 7.91. The van der Waals surface area contributed by atoms with Crippen molar-refractivity contribution in [3.63, 3.8) is 0 Å². The van der Waals surface area contributed by atoms with E-state index in [4.69, 9.17) is 27.6 Å². The number of nitrogens with zero attached hydrogens (tertiary/aromatic N) is 3. The molecule has 5 aromatic rings. The van der Waals surface area contributed by atoms with Crippen LogP contribution in [0.1, 0.15) is 57.3 Å². The third-order valence-electron chi connectivity index (χ3n) is 12.1. The van der Waals surface area contributed by atoms with Gasteiger partial charge in [-0.2, -0.15) is 18.2 Å². The lowest BCUT2D eigenvalue weighted by atomic mass is 9.50. The fourth-order valence-electron chi connectivity index (χ4n) is 9.50. The number of carbonyl (C=O) groups excluding carboxylic acids is 5. The Morgan fingerprint density at radius 1 is 0.883 bits per heavy atom. The van der Waals surface area contributed by atoms with Crippen molar-refractivity contribution in [1.82, 2.24) is 9.99 Å². The van der Waals surface area contributed by atoms with Gasteiger partial charge >= 0.3 is 6.18 Å². The van der Waals surface area contributed by atoms with Crippen molar-refractivity contribution in [1.29, 1.82) is 0 Å². The molecule has 2 aromatic heterocycles. The largest absolute Gasteiger partial charge is 0.463 e. The number of aromatic nitrogens is 1. The lowest BCUT2D eigenvalue weighted by Gasteiger charge is -2.49. The molecule has 0 bridgehead atoms. The van der Waals surface area contributed by atoms with Gasteiger partial charge in [0.2, 0.25) is 11.8 Å². The summed E-state index contributed by atoms with van der Waals surface area (Å²) in [6.45, 7) is -0.492. The minimum Gasteiger partial charge on any atom is -0.463 e. The van der Waals surface area contributed by atoms with E-state index >= 15 is 4.79 Å². The van der Waals surface area contributed by atoms with Crippen LogP contribution in [0.25, 0.3) is 0 Å². The Bertz CT molecular complexity index is 2630. The number of anilines is 2. The third kappa shape index (κ3) is 6.07. The summed E-state index contributed by atoms with van der Waals surface area (Å²) in [7, 11) is 0. The Labute approximate surface area is 349 Å². The molecule has 4 amide bonds. The van der Waals surface area contributed by atoms with Crippen LogP contribution >= 0.6 is 23.2 Å². The van der Waals surface area contributed by atoms with Crippen LogP contribution in [0.3, 0.4) is 0 Å².